The number of cyclic esters (lactones) is 1. The number of alkyl carbamates (subject to hydrolysis) is 1. The molecule has 150 valence electrons. The van der Waals surface area contributed by atoms with Crippen LogP contribution in [0.15, 0.2) is 24.3 Å². The number of hydrogen-bond acceptors (Lipinski definition) is 3. The molecule has 5 rings (SSSR count). The van der Waals surface area contributed by atoms with Crippen LogP contribution in [0.2, 0.25) is 0 Å². The van der Waals surface area contributed by atoms with Gasteiger partial charge in [-0.25, -0.2) is 4.79 Å². The van der Waals surface area contributed by atoms with Gasteiger partial charge in [-0.15, -0.1) is 0 Å². The van der Waals surface area contributed by atoms with Crippen LogP contribution in [0, 0.1) is 5.92 Å². The zero-order chi connectivity index (χ0) is 19.5. The Morgan fingerprint density at radius 3 is 2.32 bits per heavy atom. The van der Waals surface area contributed by atoms with E-state index >= 15 is 0 Å². The smallest absolute Gasteiger partial charge is 0.408 e. The molecular weight excluding hydrogens is 352 g/mol. The minimum atomic E-state index is -0.346. The lowest BCUT2D eigenvalue weighted by molar-refractivity contribution is -0.143. The van der Waals surface area contributed by atoms with Gasteiger partial charge < -0.3 is 15.0 Å². The Kier molecular flexibility index (Phi) is 4.01. The summed E-state index contributed by atoms with van der Waals surface area (Å²) in [6.07, 6.45) is 5.62. The topological polar surface area (TPSA) is 58.6 Å². The van der Waals surface area contributed by atoms with Crippen molar-refractivity contribution in [1.82, 2.24) is 10.2 Å². The number of carbonyl (C=O) groups excluding carboxylic acids is 2. The summed E-state index contributed by atoms with van der Waals surface area (Å²) in [6.45, 7) is 5.94. The molecule has 1 aromatic carbocycles. The van der Waals surface area contributed by atoms with Crippen LogP contribution in [0.25, 0.3) is 0 Å². The maximum atomic E-state index is 12.9. The largest absolute Gasteiger partial charge is 0.444 e. The maximum Gasteiger partial charge on any atom is 0.408 e. The van der Waals surface area contributed by atoms with Gasteiger partial charge in [0.05, 0.1) is 5.54 Å². The molecule has 1 aromatic rings. The van der Waals surface area contributed by atoms with E-state index in [2.05, 4.69) is 36.5 Å². The van der Waals surface area contributed by atoms with Gasteiger partial charge in [0.25, 0.3) is 0 Å². The summed E-state index contributed by atoms with van der Waals surface area (Å²) in [7, 11) is 0. The second-order valence-corrected chi connectivity index (χ2v) is 9.72. The SMILES string of the molecule is CC1OC(=O)NC12CC(C(=O)N1CCC(c3ccc(C4(C)CC4)cc3)CC1)C2. The zero-order valence-electron chi connectivity index (χ0n) is 16.9. The van der Waals surface area contributed by atoms with Gasteiger partial charge in [-0.3, -0.25) is 4.79 Å². The molecule has 0 radical (unpaired) electrons. The molecule has 28 heavy (non-hydrogen) atoms. The van der Waals surface area contributed by atoms with Crippen LogP contribution in [0.3, 0.4) is 0 Å². The summed E-state index contributed by atoms with van der Waals surface area (Å²) < 4.78 is 5.21. The highest BCUT2D eigenvalue weighted by Gasteiger charge is 2.57. The van der Waals surface area contributed by atoms with Gasteiger partial charge in [-0.1, -0.05) is 31.2 Å². The molecule has 4 aliphatic rings. The first-order valence-corrected chi connectivity index (χ1v) is 10.8. The molecule has 5 nitrogen and oxygen atoms in total. The van der Waals surface area contributed by atoms with Crippen molar-refractivity contribution in [1.29, 1.82) is 0 Å². The Balaban J connectivity index is 1.14. The highest BCUT2D eigenvalue weighted by atomic mass is 16.6. The molecule has 2 aliphatic carbocycles. The molecule has 2 heterocycles. The van der Waals surface area contributed by atoms with Crippen LogP contribution in [-0.4, -0.2) is 41.6 Å². The first-order chi connectivity index (χ1) is 13.4. The number of hydrogen-bond donors (Lipinski definition) is 1. The third-order valence-corrected chi connectivity index (χ3v) is 7.87. The fourth-order valence-electron chi connectivity index (χ4n) is 5.36. The molecule has 2 aliphatic heterocycles. The van der Waals surface area contributed by atoms with E-state index in [1.54, 1.807) is 0 Å². The summed E-state index contributed by atoms with van der Waals surface area (Å²) in [4.78, 5) is 26.4. The van der Waals surface area contributed by atoms with Crippen LogP contribution < -0.4 is 5.32 Å². The highest BCUT2D eigenvalue weighted by Crippen LogP contribution is 2.48. The van der Waals surface area contributed by atoms with Gasteiger partial charge in [0, 0.05) is 19.0 Å². The van der Waals surface area contributed by atoms with Crippen molar-refractivity contribution in [3.63, 3.8) is 0 Å². The van der Waals surface area contributed by atoms with Crippen molar-refractivity contribution in [3.05, 3.63) is 35.4 Å². The van der Waals surface area contributed by atoms with E-state index in [1.807, 2.05) is 11.8 Å². The standard InChI is InChI=1S/C23H30N2O3/c1-15-23(24-21(27)28-15)13-18(14-23)20(26)25-11-7-17(8-12-25)16-3-5-19(6-4-16)22(2)9-10-22/h3-6,15,17-18H,7-14H2,1-2H3,(H,24,27). The fourth-order valence-corrected chi connectivity index (χ4v) is 5.36. The predicted octanol–water partition coefficient (Wildman–Crippen LogP) is 3.72. The van der Waals surface area contributed by atoms with Crippen molar-refractivity contribution in [3.8, 4) is 0 Å². The zero-order valence-corrected chi connectivity index (χ0v) is 16.9. The molecule has 0 bridgehead atoms. The van der Waals surface area contributed by atoms with Crippen LogP contribution in [0.1, 0.15) is 69.4 Å². The van der Waals surface area contributed by atoms with Crippen molar-refractivity contribution in [2.24, 2.45) is 5.92 Å². The Morgan fingerprint density at radius 2 is 1.79 bits per heavy atom. The molecule has 0 aromatic heterocycles. The van der Waals surface area contributed by atoms with E-state index in [0.717, 1.165) is 25.9 Å². The number of carbonyl (C=O) groups is 2. The number of rotatable bonds is 3. The van der Waals surface area contributed by atoms with Crippen LogP contribution in [0.4, 0.5) is 4.79 Å². The molecule has 1 spiro atoms. The van der Waals surface area contributed by atoms with E-state index in [9.17, 15) is 9.59 Å². The number of amides is 2. The van der Waals surface area contributed by atoms with Crippen molar-refractivity contribution >= 4 is 12.0 Å². The molecule has 1 N–H and O–H groups in total. The van der Waals surface area contributed by atoms with Crippen molar-refractivity contribution < 1.29 is 14.3 Å². The van der Waals surface area contributed by atoms with Gasteiger partial charge in [0.1, 0.15) is 6.10 Å². The molecule has 5 heteroatoms. The normalized spacial score (nSPS) is 33.9. The number of nitrogens with zero attached hydrogens (tertiary/aromatic N) is 1. The lowest BCUT2D eigenvalue weighted by atomic mass is 9.65. The van der Waals surface area contributed by atoms with E-state index in [0.29, 0.717) is 24.2 Å². The number of likely N-dealkylation sites (tertiary alicyclic amines) is 1. The Bertz CT molecular complexity index is 785. The molecular formula is C23H30N2O3. The van der Waals surface area contributed by atoms with E-state index in [4.69, 9.17) is 4.74 Å². The maximum absolute atomic E-state index is 12.9. The Labute approximate surface area is 166 Å². The summed E-state index contributed by atoms with van der Waals surface area (Å²) in [5.74, 6) is 0.842. The van der Waals surface area contributed by atoms with Gasteiger partial charge in [0.15, 0.2) is 0 Å². The van der Waals surface area contributed by atoms with E-state index in [-0.39, 0.29) is 29.6 Å². The van der Waals surface area contributed by atoms with Crippen molar-refractivity contribution in [2.75, 3.05) is 13.1 Å². The minimum Gasteiger partial charge on any atom is -0.444 e. The molecule has 4 fully saturated rings. The lowest BCUT2D eigenvalue weighted by Crippen LogP contribution is -2.61. The summed E-state index contributed by atoms with van der Waals surface area (Å²) in [5.41, 5.74) is 3.01. The molecule has 2 saturated carbocycles. The number of nitrogens with one attached hydrogen (secondary N) is 1. The fraction of sp³-hybridized carbons (Fsp3) is 0.652. The third kappa shape index (κ3) is 2.90. The third-order valence-electron chi connectivity index (χ3n) is 7.87. The Hall–Kier alpha value is -2.04. The van der Waals surface area contributed by atoms with Gasteiger partial charge in [-0.2, -0.15) is 0 Å². The lowest BCUT2D eigenvalue weighted by Gasteiger charge is -2.47. The molecule has 2 amide bonds. The number of piperidine rings is 1. The monoisotopic (exact) mass is 382 g/mol. The van der Waals surface area contributed by atoms with Gasteiger partial charge in [-0.05, 0) is 67.9 Å². The average molecular weight is 383 g/mol. The average Bonchev–Trinajstić information content (AvgIpc) is 3.35. The van der Waals surface area contributed by atoms with Crippen molar-refractivity contribution in [2.45, 2.75) is 75.3 Å². The summed E-state index contributed by atoms with van der Waals surface area (Å²) >= 11 is 0. The summed E-state index contributed by atoms with van der Waals surface area (Å²) in [6, 6.07) is 9.24. The first-order valence-electron chi connectivity index (χ1n) is 10.8. The van der Waals surface area contributed by atoms with Gasteiger partial charge >= 0.3 is 6.09 Å². The number of benzene rings is 1. The Morgan fingerprint density at radius 1 is 1.14 bits per heavy atom. The first kappa shape index (κ1) is 18.0. The van der Waals surface area contributed by atoms with E-state index < -0.39 is 0 Å². The summed E-state index contributed by atoms with van der Waals surface area (Å²) in [5, 5.41) is 2.92. The van der Waals surface area contributed by atoms with Crippen LogP contribution in [0.5, 0.6) is 0 Å². The molecule has 2 saturated heterocycles. The minimum absolute atomic E-state index is 0.0274. The quantitative estimate of drug-likeness (QED) is 0.867. The van der Waals surface area contributed by atoms with Crippen LogP contribution >= 0.6 is 0 Å². The molecule has 1 atom stereocenters. The highest BCUT2D eigenvalue weighted by molar-refractivity contribution is 5.82. The second kappa shape index (κ2) is 6.23. The van der Waals surface area contributed by atoms with Gasteiger partial charge in [0.2, 0.25) is 5.91 Å². The molecule has 1 unspecified atom stereocenters. The van der Waals surface area contributed by atoms with Crippen LogP contribution in [-0.2, 0) is 14.9 Å². The number of ether oxygens (including phenoxy) is 1. The second-order valence-electron chi connectivity index (χ2n) is 9.72. The van der Waals surface area contributed by atoms with E-state index in [1.165, 1.54) is 24.0 Å². The predicted molar refractivity (Wildman–Crippen MR) is 106 cm³/mol.